The molecule has 0 radical (unpaired) electrons. The lowest BCUT2D eigenvalue weighted by Gasteiger charge is -2.06. The van der Waals surface area contributed by atoms with Crippen molar-refractivity contribution in [2.45, 2.75) is 12.8 Å². The zero-order chi connectivity index (χ0) is 13.2. The van der Waals surface area contributed by atoms with Gasteiger partial charge in [-0.15, -0.1) is 0 Å². The second kappa shape index (κ2) is 4.72. The van der Waals surface area contributed by atoms with Gasteiger partial charge in [-0.3, -0.25) is 0 Å². The van der Waals surface area contributed by atoms with E-state index in [0.29, 0.717) is 6.42 Å². The first-order chi connectivity index (χ1) is 9.22. The topological polar surface area (TPSA) is 58.9 Å². The molecule has 0 aromatic heterocycles. The van der Waals surface area contributed by atoms with Crippen LogP contribution in [0.25, 0.3) is 0 Å². The van der Waals surface area contributed by atoms with E-state index in [-0.39, 0.29) is 18.3 Å². The van der Waals surface area contributed by atoms with E-state index in [0.717, 1.165) is 29.0 Å². The van der Waals surface area contributed by atoms with Gasteiger partial charge < -0.3 is 19.7 Å². The molecule has 1 aliphatic heterocycles. The van der Waals surface area contributed by atoms with Gasteiger partial charge in [0.25, 0.3) is 0 Å². The highest BCUT2D eigenvalue weighted by molar-refractivity contribution is 5.45. The van der Waals surface area contributed by atoms with E-state index in [9.17, 15) is 10.2 Å². The molecule has 0 fully saturated rings. The van der Waals surface area contributed by atoms with Crippen molar-refractivity contribution < 1.29 is 19.7 Å². The first-order valence-electron chi connectivity index (χ1n) is 6.12. The Morgan fingerprint density at radius 3 is 2.58 bits per heavy atom. The predicted octanol–water partition coefficient (Wildman–Crippen LogP) is 2.61. The molecule has 3 rings (SSSR count). The highest BCUT2D eigenvalue weighted by Gasteiger charge is 2.13. The zero-order valence-electron chi connectivity index (χ0n) is 10.3. The van der Waals surface area contributed by atoms with Gasteiger partial charge in [-0.05, 0) is 42.2 Å². The third kappa shape index (κ3) is 2.42. The summed E-state index contributed by atoms with van der Waals surface area (Å²) in [7, 11) is 0. The van der Waals surface area contributed by atoms with Gasteiger partial charge in [-0.2, -0.15) is 0 Å². The molecule has 0 unspecified atom stereocenters. The Hall–Kier alpha value is -2.36. The monoisotopic (exact) mass is 258 g/mol. The van der Waals surface area contributed by atoms with Crippen LogP contribution in [0, 0.1) is 0 Å². The molecule has 98 valence electrons. The summed E-state index contributed by atoms with van der Waals surface area (Å²) in [5, 5.41) is 19.0. The Bertz CT molecular complexity index is 607. The van der Waals surface area contributed by atoms with Crippen molar-refractivity contribution in [3.8, 4) is 23.0 Å². The number of phenols is 2. The van der Waals surface area contributed by atoms with E-state index in [2.05, 4.69) is 0 Å². The molecular weight excluding hydrogens is 244 g/mol. The lowest BCUT2D eigenvalue weighted by Crippen LogP contribution is -1.93. The third-order valence-corrected chi connectivity index (χ3v) is 3.19. The Morgan fingerprint density at radius 2 is 1.74 bits per heavy atom. The van der Waals surface area contributed by atoms with Gasteiger partial charge in [0.15, 0.2) is 11.5 Å². The van der Waals surface area contributed by atoms with Crippen LogP contribution in [0.15, 0.2) is 36.4 Å². The number of benzene rings is 2. The molecule has 0 saturated heterocycles. The van der Waals surface area contributed by atoms with E-state index in [1.807, 2.05) is 18.2 Å². The number of hydrogen-bond acceptors (Lipinski definition) is 4. The molecule has 2 N–H and O–H groups in total. The van der Waals surface area contributed by atoms with E-state index in [1.165, 1.54) is 6.07 Å². The van der Waals surface area contributed by atoms with Crippen LogP contribution < -0.4 is 9.47 Å². The first kappa shape index (κ1) is 11.7. The van der Waals surface area contributed by atoms with Crippen LogP contribution >= 0.6 is 0 Å². The van der Waals surface area contributed by atoms with Gasteiger partial charge >= 0.3 is 0 Å². The number of rotatable bonds is 3. The minimum atomic E-state index is 0.0735. The Labute approximate surface area is 110 Å². The number of ether oxygens (including phenoxy) is 2. The smallest absolute Gasteiger partial charge is 0.231 e. The molecular formula is C15H14O4. The molecule has 2 aromatic carbocycles. The summed E-state index contributed by atoms with van der Waals surface area (Å²) in [6.07, 6.45) is 1.49. The molecule has 0 atom stereocenters. The van der Waals surface area contributed by atoms with Crippen molar-refractivity contribution in [1.82, 2.24) is 0 Å². The molecule has 0 amide bonds. The van der Waals surface area contributed by atoms with E-state index < -0.39 is 0 Å². The summed E-state index contributed by atoms with van der Waals surface area (Å²) >= 11 is 0. The Morgan fingerprint density at radius 1 is 0.895 bits per heavy atom. The Balaban J connectivity index is 1.72. The largest absolute Gasteiger partial charge is 0.508 e. The fourth-order valence-electron chi connectivity index (χ4n) is 2.14. The molecule has 1 heterocycles. The van der Waals surface area contributed by atoms with Crippen LogP contribution in [-0.4, -0.2) is 17.0 Å². The van der Waals surface area contributed by atoms with Crippen molar-refractivity contribution >= 4 is 0 Å². The standard InChI is InChI=1S/C15H14O4/c16-12-5-4-11(13(17)8-12)3-1-10-2-6-14-15(7-10)19-9-18-14/h2,4-8,16-17H,1,3,9H2. The van der Waals surface area contributed by atoms with Crippen LogP contribution in [0.5, 0.6) is 23.0 Å². The van der Waals surface area contributed by atoms with Gasteiger partial charge in [-0.1, -0.05) is 12.1 Å². The zero-order valence-corrected chi connectivity index (χ0v) is 10.3. The number of aryl methyl sites for hydroxylation is 2. The predicted molar refractivity (Wildman–Crippen MR) is 69.7 cm³/mol. The normalized spacial score (nSPS) is 12.6. The molecule has 0 spiro atoms. The van der Waals surface area contributed by atoms with Crippen LogP contribution in [0.4, 0.5) is 0 Å². The van der Waals surface area contributed by atoms with Crippen molar-refractivity contribution in [1.29, 1.82) is 0 Å². The number of fused-ring (bicyclic) bond motifs is 1. The second-order valence-corrected chi connectivity index (χ2v) is 4.50. The fraction of sp³-hybridized carbons (Fsp3) is 0.200. The van der Waals surface area contributed by atoms with Gasteiger partial charge in [0.2, 0.25) is 6.79 Å². The molecule has 19 heavy (non-hydrogen) atoms. The van der Waals surface area contributed by atoms with Crippen LogP contribution in [0.3, 0.4) is 0 Å². The summed E-state index contributed by atoms with van der Waals surface area (Å²) in [4.78, 5) is 0. The molecule has 0 bridgehead atoms. The molecule has 4 nitrogen and oxygen atoms in total. The summed E-state index contributed by atoms with van der Waals surface area (Å²) < 4.78 is 10.6. The van der Waals surface area contributed by atoms with Crippen LogP contribution in [0.1, 0.15) is 11.1 Å². The number of phenolic OH excluding ortho intramolecular Hbond substituents is 2. The van der Waals surface area contributed by atoms with Crippen molar-refractivity contribution in [3.05, 3.63) is 47.5 Å². The van der Waals surface area contributed by atoms with Gasteiger partial charge in [0.1, 0.15) is 11.5 Å². The van der Waals surface area contributed by atoms with E-state index in [1.54, 1.807) is 12.1 Å². The molecule has 2 aromatic rings. The highest BCUT2D eigenvalue weighted by Crippen LogP contribution is 2.33. The lowest BCUT2D eigenvalue weighted by atomic mass is 10.0. The minimum Gasteiger partial charge on any atom is -0.508 e. The SMILES string of the molecule is Oc1ccc(CCc2ccc3c(c2)OCO3)c(O)c1. The highest BCUT2D eigenvalue weighted by atomic mass is 16.7. The van der Waals surface area contributed by atoms with E-state index >= 15 is 0 Å². The van der Waals surface area contributed by atoms with Crippen LogP contribution in [0.2, 0.25) is 0 Å². The lowest BCUT2D eigenvalue weighted by molar-refractivity contribution is 0.174. The first-order valence-corrected chi connectivity index (χ1v) is 6.12. The third-order valence-electron chi connectivity index (χ3n) is 3.19. The molecule has 1 aliphatic rings. The number of hydrogen-bond donors (Lipinski definition) is 2. The second-order valence-electron chi connectivity index (χ2n) is 4.50. The van der Waals surface area contributed by atoms with Crippen molar-refractivity contribution in [2.24, 2.45) is 0 Å². The van der Waals surface area contributed by atoms with Gasteiger partial charge in [-0.25, -0.2) is 0 Å². The quantitative estimate of drug-likeness (QED) is 0.888. The van der Waals surface area contributed by atoms with Crippen molar-refractivity contribution in [3.63, 3.8) is 0 Å². The maximum absolute atomic E-state index is 9.72. The average molecular weight is 258 g/mol. The fourth-order valence-corrected chi connectivity index (χ4v) is 2.14. The number of aromatic hydroxyl groups is 2. The van der Waals surface area contributed by atoms with Gasteiger partial charge in [0, 0.05) is 6.07 Å². The van der Waals surface area contributed by atoms with E-state index in [4.69, 9.17) is 9.47 Å². The minimum absolute atomic E-state index is 0.0735. The Kier molecular flexibility index (Phi) is 2.91. The molecule has 0 saturated carbocycles. The maximum Gasteiger partial charge on any atom is 0.231 e. The summed E-state index contributed by atoms with van der Waals surface area (Å²) in [6, 6.07) is 10.5. The summed E-state index contributed by atoms with van der Waals surface area (Å²) in [6.45, 7) is 0.275. The molecule has 4 heteroatoms. The average Bonchev–Trinajstić information content (AvgIpc) is 2.85. The maximum atomic E-state index is 9.72. The van der Waals surface area contributed by atoms with Crippen LogP contribution in [-0.2, 0) is 12.8 Å². The summed E-state index contributed by atoms with van der Waals surface area (Å²) in [5.74, 6) is 1.74. The molecule has 0 aliphatic carbocycles. The van der Waals surface area contributed by atoms with Gasteiger partial charge in [0.05, 0.1) is 0 Å². The van der Waals surface area contributed by atoms with Crippen molar-refractivity contribution in [2.75, 3.05) is 6.79 Å². The summed E-state index contributed by atoms with van der Waals surface area (Å²) in [5.41, 5.74) is 1.94.